The van der Waals surface area contributed by atoms with E-state index < -0.39 is 11.7 Å². The zero-order valence-corrected chi connectivity index (χ0v) is 11.7. The fourth-order valence-electron chi connectivity index (χ4n) is 1.85. The fourth-order valence-corrected chi connectivity index (χ4v) is 1.85. The first kappa shape index (κ1) is 14.8. The number of carbonyl (C=O) groups excluding carboxylic acids is 1. The van der Waals surface area contributed by atoms with Crippen LogP contribution in [0.1, 0.15) is 28.5 Å². The van der Waals surface area contributed by atoms with E-state index in [0.717, 1.165) is 4.57 Å². The molecule has 0 fully saturated rings. The van der Waals surface area contributed by atoms with Crippen LogP contribution in [0, 0.1) is 6.92 Å². The third-order valence-electron chi connectivity index (χ3n) is 2.96. The molecule has 0 aliphatic heterocycles. The number of ether oxygens (including phenoxy) is 1. The molecule has 0 spiro atoms. The molecule has 0 saturated heterocycles. The molecular formula is C13H15N3O5. The lowest BCUT2D eigenvalue weighted by molar-refractivity contribution is 0.0513. The summed E-state index contributed by atoms with van der Waals surface area (Å²) in [7, 11) is 0. The summed E-state index contributed by atoms with van der Waals surface area (Å²) >= 11 is 0. The summed E-state index contributed by atoms with van der Waals surface area (Å²) in [6.07, 6.45) is 2.93. The van der Waals surface area contributed by atoms with Gasteiger partial charge in [-0.05, 0) is 20.3 Å². The lowest BCUT2D eigenvalue weighted by Gasteiger charge is -2.05. The summed E-state index contributed by atoms with van der Waals surface area (Å²) in [5.41, 5.74) is 0.119. The minimum atomic E-state index is -0.591. The van der Waals surface area contributed by atoms with Gasteiger partial charge in [-0.15, -0.1) is 0 Å². The highest BCUT2D eigenvalue weighted by Gasteiger charge is 2.17. The molecular weight excluding hydrogens is 278 g/mol. The Morgan fingerprint density at radius 1 is 1.48 bits per heavy atom. The SMILES string of the molecule is CCOC(=O)c1nocc1CCn1c(=O)[nH]cc(C)c1=O. The summed E-state index contributed by atoms with van der Waals surface area (Å²) in [5, 5.41) is 3.59. The smallest absolute Gasteiger partial charge is 0.360 e. The normalized spacial score (nSPS) is 10.6. The van der Waals surface area contributed by atoms with Gasteiger partial charge in [-0.3, -0.25) is 9.36 Å². The lowest BCUT2D eigenvalue weighted by atomic mass is 10.2. The summed E-state index contributed by atoms with van der Waals surface area (Å²) < 4.78 is 10.7. The zero-order valence-electron chi connectivity index (χ0n) is 11.7. The number of nitrogens with one attached hydrogen (secondary N) is 1. The van der Waals surface area contributed by atoms with Gasteiger partial charge in [0, 0.05) is 23.9 Å². The van der Waals surface area contributed by atoms with Gasteiger partial charge in [-0.25, -0.2) is 9.59 Å². The molecule has 0 amide bonds. The molecule has 112 valence electrons. The van der Waals surface area contributed by atoms with Crippen molar-refractivity contribution in [2.24, 2.45) is 0 Å². The van der Waals surface area contributed by atoms with E-state index in [4.69, 9.17) is 9.26 Å². The molecule has 0 atom stereocenters. The van der Waals surface area contributed by atoms with E-state index in [0.29, 0.717) is 11.1 Å². The minimum Gasteiger partial charge on any atom is -0.461 e. The van der Waals surface area contributed by atoms with E-state index in [9.17, 15) is 14.4 Å². The fraction of sp³-hybridized carbons (Fsp3) is 0.385. The van der Waals surface area contributed by atoms with Gasteiger partial charge in [0.1, 0.15) is 6.26 Å². The third kappa shape index (κ3) is 3.10. The van der Waals surface area contributed by atoms with Crippen LogP contribution in [0.2, 0.25) is 0 Å². The van der Waals surface area contributed by atoms with Gasteiger partial charge in [-0.2, -0.15) is 0 Å². The highest BCUT2D eigenvalue weighted by molar-refractivity contribution is 5.88. The lowest BCUT2D eigenvalue weighted by Crippen LogP contribution is -2.36. The van der Waals surface area contributed by atoms with Crippen molar-refractivity contribution >= 4 is 5.97 Å². The maximum Gasteiger partial charge on any atom is 0.360 e. The Morgan fingerprint density at radius 3 is 2.95 bits per heavy atom. The van der Waals surface area contributed by atoms with Crippen LogP contribution in [-0.2, 0) is 17.7 Å². The van der Waals surface area contributed by atoms with Crippen LogP contribution in [0.25, 0.3) is 0 Å². The molecule has 21 heavy (non-hydrogen) atoms. The summed E-state index contributed by atoms with van der Waals surface area (Å²) in [6, 6.07) is 0. The van der Waals surface area contributed by atoms with Gasteiger partial charge in [0.05, 0.1) is 6.61 Å². The Kier molecular flexibility index (Phi) is 4.36. The number of nitrogens with zero attached hydrogens (tertiary/aromatic N) is 2. The predicted octanol–water partition coefficient (Wildman–Crippen LogP) is 0.252. The standard InChI is InChI=1S/C13H15N3O5/c1-3-20-12(18)10-9(7-21-15-10)4-5-16-11(17)8(2)6-14-13(16)19/h6-7H,3-5H2,1-2H3,(H,14,19). The second kappa shape index (κ2) is 6.21. The Hall–Kier alpha value is -2.64. The average Bonchev–Trinajstić information content (AvgIpc) is 2.92. The Bertz CT molecular complexity index is 756. The molecule has 0 bridgehead atoms. The molecule has 0 saturated carbocycles. The summed E-state index contributed by atoms with van der Waals surface area (Å²) in [5.74, 6) is -0.591. The molecule has 0 unspecified atom stereocenters. The van der Waals surface area contributed by atoms with Gasteiger partial charge in [-0.1, -0.05) is 5.16 Å². The van der Waals surface area contributed by atoms with Gasteiger partial charge in [0.15, 0.2) is 5.69 Å². The van der Waals surface area contributed by atoms with Crippen molar-refractivity contribution in [3.05, 3.63) is 50.1 Å². The van der Waals surface area contributed by atoms with Crippen molar-refractivity contribution in [2.75, 3.05) is 6.61 Å². The van der Waals surface area contributed by atoms with Crippen LogP contribution in [-0.4, -0.2) is 27.3 Å². The Morgan fingerprint density at radius 2 is 2.24 bits per heavy atom. The van der Waals surface area contributed by atoms with E-state index in [1.165, 1.54) is 12.5 Å². The van der Waals surface area contributed by atoms with Crippen molar-refractivity contribution < 1.29 is 14.1 Å². The number of hydrogen-bond donors (Lipinski definition) is 1. The maximum absolute atomic E-state index is 11.9. The second-order valence-electron chi connectivity index (χ2n) is 4.39. The Balaban J connectivity index is 2.21. The molecule has 2 aromatic heterocycles. The number of aryl methyl sites for hydroxylation is 2. The molecule has 2 heterocycles. The molecule has 2 rings (SSSR count). The van der Waals surface area contributed by atoms with E-state index in [1.807, 2.05) is 0 Å². The van der Waals surface area contributed by atoms with Crippen molar-refractivity contribution in [3.63, 3.8) is 0 Å². The second-order valence-corrected chi connectivity index (χ2v) is 4.39. The van der Waals surface area contributed by atoms with Gasteiger partial charge < -0.3 is 14.2 Å². The molecule has 1 N–H and O–H groups in total. The first-order valence-corrected chi connectivity index (χ1v) is 6.44. The van der Waals surface area contributed by atoms with E-state index >= 15 is 0 Å². The van der Waals surface area contributed by atoms with Crippen LogP contribution >= 0.6 is 0 Å². The monoisotopic (exact) mass is 293 g/mol. The molecule has 8 heteroatoms. The molecule has 2 aromatic rings. The van der Waals surface area contributed by atoms with Crippen LogP contribution in [0.5, 0.6) is 0 Å². The van der Waals surface area contributed by atoms with Crippen molar-refractivity contribution in [1.29, 1.82) is 0 Å². The van der Waals surface area contributed by atoms with Crippen LogP contribution < -0.4 is 11.2 Å². The topological polar surface area (TPSA) is 107 Å². The highest BCUT2D eigenvalue weighted by atomic mass is 16.5. The van der Waals surface area contributed by atoms with Gasteiger partial charge in [0.25, 0.3) is 5.56 Å². The number of H-pyrrole nitrogens is 1. The number of aromatic amines is 1. The summed E-state index contributed by atoms with van der Waals surface area (Å²) in [6.45, 7) is 3.63. The molecule has 0 aliphatic carbocycles. The van der Waals surface area contributed by atoms with E-state index in [-0.39, 0.29) is 30.8 Å². The first-order valence-electron chi connectivity index (χ1n) is 6.44. The van der Waals surface area contributed by atoms with Crippen LogP contribution in [0.4, 0.5) is 0 Å². The van der Waals surface area contributed by atoms with Gasteiger partial charge in [0.2, 0.25) is 0 Å². The van der Waals surface area contributed by atoms with Crippen molar-refractivity contribution in [2.45, 2.75) is 26.8 Å². The van der Waals surface area contributed by atoms with Crippen LogP contribution in [0.15, 0.2) is 26.6 Å². The van der Waals surface area contributed by atoms with E-state index in [1.54, 1.807) is 13.8 Å². The van der Waals surface area contributed by atoms with E-state index in [2.05, 4.69) is 10.1 Å². The third-order valence-corrected chi connectivity index (χ3v) is 2.96. The number of aromatic nitrogens is 3. The van der Waals surface area contributed by atoms with Gasteiger partial charge >= 0.3 is 11.7 Å². The Labute approximate surface area is 119 Å². The number of hydrogen-bond acceptors (Lipinski definition) is 6. The van der Waals surface area contributed by atoms with Crippen LogP contribution in [0.3, 0.4) is 0 Å². The van der Waals surface area contributed by atoms with Crippen molar-refractivity contribution in [1.82, 2.24) is 14.7 Å². The molecule has 0 radical (unpaired) electrons. The largest absolute Gasteiger partial charge is 0.461 e. The minimum absolute atomic E-state index is 0.0639. The molecule has 8 nitrogen and oxygen atoms in total. The molecule has 0 aliphatic rings. The predicted molar refractivity (Wildman–Crippen MR) is 72.2 cm³/mol. The first-order chi connectivity index (χ1) is 10.0. The zero-order chi connectivity index (χ0) is 15.4. The van der Waals surface area contributed by atoms with Crippen molar-refractivity contribution in [3.8, 4) is 0 Å². The maximum atomic E-state index is 11.9. The molecule has 0 aromatic carbocycles. The number of rotatable bonds is 5. The summed E-state index contributed by atoms with van der Waals surface area (Å²) in [4.78, 5) is 37.7. The number of carbonyl (C=O) groups is 1. The number of esters is 1. The average molecular weight is 293 g/mol. The quantitative estimate of drug-likeness (QED) is 0.792. The highest BCUT2D eigenvalue weighted by Crippen LogP contribution is 2.09.